The van der Waals surface area contributed by atoms with E-state index < -0.39 is 11.8 Å². The average molecular weight is 418 g/mol. The molecule has 1 aliphatic heterocycles. The topological polar surface area (TPSA) is 113 Å². The van der Waals surface area contributed by atoms with Crippen LogP contribution in [0.1, 0.15) is 34.5 Å². The van der Waals surface area contributed by atoms with Gasteiger partial charge in [0.05, 0.1) is 11.4 Å². The molecule has 31 heavy (non-hydrogen) atoms. The van der Waals surface area contributed by atoms with Crippen LogP contribution in [-0.4, -0.2) is 43.0 Å². The van der Waals surface area contributed by atoms with Crippen molar-refractivity contribution in [2.24, 2.45) is 0 Å². The fourth-order valence-corrected chi connectivity index (χ4v) is 4.26. The van der Waals surface area contributed by atoms with Crippen molar-refractivity contribution in [3.8, 4) is 5.95 Å². The van der Waals surface area contributed by atoms with Gasteiger partial charge in [-0.05, 0) is 43.7 Å². The van der Waals surface area contributed by atoms with Gasteiger partial charge in [0.15, 0.2) is 0 Å². The smallest absolute Gasteiger partial charge is 0.315 e. The molecule has 2 aliphatic rings. The van der Waals surface area contributed by atoms with E-state index in [1.807, 2.05) is 24.3 Å². The second-order valence-electron chi connectivity index (χ2n) is 7.95. The van der Waals surface area contributed by atoms with E-state index in [1.165, 1.54) is 10.2 Å². The molecular weight excluding hydrogens is 396 g/mol. The Morgan fingerprint density at radius 2 is 1.94 bits per heavy atom. The van der Waals surface area contributed by atoms with Gasteiger partial charge in [-0.2, -0.15) is 9.78 Å². The molecule has 0 radical (unpaired) electrons. The molecule has 3 aromatic rings. The van der Waals surface area contributed by atoms with Gasteiger partial charge in [0.25, 0.3) is 5.56 Å². The summed E-state index contributed by atoms with van der Waals surface area (Å²) in [5.74, 6) is -0.831. The van der Waals surface area contributed by atoms with Gasteiger partial charge in [-0.25, -0.2) is 4.98 Å². The van der Waals surface area contributed by atoms with E-state index in [9.17, 15) is 14.4 Å². The normalized spacial score (nSPS) is 14.8. The van der Waals surface area contributed by atoms with E-state index in [0.717, 1.165) is 24.1 Å². The molecule has 1 aromatic carbocycles. The number of aryl methyl sites for hydroxylation is 2. The summed E-state index contributed by atoms with van der Waals surface area (Å²) in [6.07, 6.45) is 3.06. The van der Waals surface area contributed by atoms with E-state index in [1.54, 1.807) is 17.9 Å². The number of nitrogens with zero attached hydrogens (tertiary/aromatic N) is 4. The molecule has 5 rings (SSSR count). The highest BCUT2D eigenvalue weighted by Gasteiger charge is 2.27. The highest BCUT2D eigenvalue weighted by atomic mass is 16.2. The van der Waals surface area contributed by atoms with Gasteiger partial charge in [0.1, 0.15) is 5.82 Å². The first kappa shape index (κ1) is 19.2. The van der Waals surface area contributed by atoms with Crippen LogP contribution < -0.4 is 10.9 Å². The summed E-state index contributed by atoms with van der Waals surface area (Å²) in [6.45, 7) is 2.66. The van der Waals surface area contributed by atoms with Gasteiger partial charge >= 0.3 is 11.8 Å². The van der Waals surface area contributed by atoms with Crippen LogP contribution in [0.3, 0.4) is 0 Å². The first-order valence-corrected chi connectivity index (χ1v) is 10.4. The summed E-state index contributed by atoms with van der Waals surface area (Å²) in [6, 6.07) is 9.57. The van der Waals surface area contributed by atoms with Crippen molar-refractivity contribution in [2.75, 3.05) is 11.9 Å². The third-order valence-electron chi connectivity index (χ3n) is 5.81. The zero-order valence-corrected chi connectivity index (χ0v) is 17.1. The Morgan fingerprint density at radius 3 is 2.77 bits per heavy atom. The van der Waals surface area contributed by atoms with E-state index in [4.69, 9.17) is 0 Å². The maximum absolute atomic E-state index is 12.8. The number of nitrogens with one attached hydrogen (secondary N) is 2. The number of aromatic nitrogens is 4. The van der Waals surface area contributed by atoms with Crippen molar-refractivity contribution >= 4 is 17.6 Å². The van der Waals surface area contributed by atoms with Gasteiger partial charge in [-0.3, -0.25) is 19.4 Å². The molecular formula is C22H22N6O3. The van der Waals surface area contributed by atoms with E-state index >= 15 is 0 Å². The van der Waals surface area contributed by atoms with E-state index in [-0.39, 0.29) is 17.3 Å². The summed E-state index contributed by atoms with van der Waals surface area (Å²) in [4.78, 5) is 46.7. The van der Waals surface area contributed by atoms with Gasteiger partial charge in [0.2, 0.25) is 5.95 Å². The molecule has 1 aliphatic carbocycles. The molecule has 2 amide bonds. The molecule has 9 nitrogen and oxygen atoms in total. The third-order valence-corrected chi connectivity index (χ3v) is 5.81. The molecule has 9 heteroatoms. The summed E-state index contributed by atoms with van der Waals surface area (Å²) < 4.78 is 1.37. The van der Waals surface area contributed by atoms with Crippen LogP contribution in [-0.2, 0) is 35.4 Å². The lowest BCUT2D eigenvalue weighted by Gasteiger charge is -2.28. The Hall–Kier alpha value is -3.75. The number of carbonyl (C=O) groups excluding carboxylic acids is 2. The Morgan fingerprint density at radius 1 is 1.13 bits per heavy atom. The second-order valence-corrected chi connectivity index (χ2v) is 7.95. The number of fused-ring (bicyclic) bond motifs is 2. The van der Waals surface area contributed by atoms with Gasteiger partial charge in [-0.15, -0.1) is 0 Å². The molecule has 3 heterocycles. The predicted molar refractivity (Wildman–Crippen MR) is 113 cm³/mol. The Labute approximate surface area is 178 Å². The number of amides is 2. The quantitative estimate of drug-likeness (QED) is 0.609. The first-order chi connectivity index (χ1) is 15.0. The van der Waals surface area contributed by atoms with Crippen LogP contribution in [0.2, 0.25) is 0 Å². The number of aromatic amines is 1. The van der Waals surface area contributed by atoms with Crippen molar-refractivity contribution in [3.05, 3.63) is 68.8 Å². The molecule has 158 valence electrons. The van der Waals surface area contributed by atoms with E-state index in [2.05, 4.69) is 20.4 Å². The average Bonchev–Trinajstić information content (AvgIpc) is 3.39. The molecule has 0 saturated heterocycles. The second kappa shape index (κ2) is 7.50. The molecule has 0 unspecified atom stereocenters. The van der Waals surface area contributed by atoms with Crippen LogP contribution in [0.25, 0.3) is 5.95 Å². The van der Waals surface area contributed by atoms with Crippen molar-refractivity contribution in [3.63, 3.8) is 0 Å². The van der Waals surface area contributed by atoms with Crippen LogP contribution in [0, 0.1) is 6.92 Å². The Balaban J connectivity index is 1.38. The molecule has 0 saturated carbocycles. The lowest BCUT2D eigenvalue weighted by Crippen LogP contribution is -2.42. The molecule has 0 bridgehead atoms. The molecule has 0 fully saturated rings. The summed E-state index contributed by atoms with van der Waals surface area (Å²) in [5, 5.41) is 6.99. The highest BCUT2D eigenvalue weighted by Crippen LogP contribution is 2.21. The zero-order valence-electron chi connectivity index (χ0n) is 17.1. The Kier molecular flexibility index (Phi) is 4.65. The largest absolute Gasteiger partial charge is 0.330 e. The maximum atomic E-state index is 12.8. The van der Waals surface area contributed by atoms with Gasteiger partial charge in [-0.1, -0.05) is 24.3 Å². The maximum Gasteiger partial charge on any atom is 0.315 e. The minimum absolute atomic E-state index is 0.189. The minimum atomic E-state index is -0.746. The summed E-state index contributed by atoms with van der Waals surface area (Å²) in [5.41, 5.74) is 4.15. The monoisotopic (exact) mass is 418 g/mol. The van der Waals surface area contributed by atoms with Crippen molar-refractivity contribution < 1.29 is 9.59 Å². The predicted octanol–water partition coefficient (Wildman–Crippen LogP) is 1.28. The van der Waals surface area contributed by atoms with Crippen LogP contribution in [0.5, 0.6) is 0 Å². The number of H-pyrrole nitrogens is 1. The molecule has 2 N–H and O–H groups in total. The fourth-order valence-electron chi connectivity index (χ4n) is 4.26. The number of benzene rings is 1. The van der Waals surface area contributed by atoms with Crippen molar-refractivity contribution in [2.45, 2.75) is 39.2 Å². The Bertz CT molecular complexity index is 1260. The number of carbonyl (C=O) groups is 2. The van der Waals surface area contributed by atoms with Crippen LogP contribution in [0.15, 0.2) is 35.1 Å². The number of anilines is 1. The molecule has 2 aromatic heterocycles. The van der Waals surface area contributed by atoms with Crippen LogP contribution >= 0.6 is 0 Å². The zero-order chi connectivity index (χ0) is 21.5. The van der Waals surface area contributed by atoms with Crippen molar-refractivity contribution in [1.29, 1.82) is 0 Å². The summed E-state index contributed by atoms with van der Waals surface area (Å²) >= 11 is 0. The van der Waals surface area contributed by atoms with E-state index in [0.29, 0.717) is 37.2 Å². The van der Waals surface area contributed by atoms with Gasteiger partial charge < -0.3 is 10.2 Å². The number of rotatable bonds is 2. The first-order valence-electron chi connectivity index (χ1n) is 10.4. The molecule has 0 atom stereocenters. The highest BCUT2D eigenvalue weighted by molar-refractivity contribution is 6.39. The number of hydrogen-bond acceptors (Lipinski definition) is 5. The van der Waals surface area contributed by atoms with Crippen LogP contribution in [0.4, 0.5) is 5.82 Å². The fraction of sp³-hybridized carbons (Fsp3) is 0.318. The van der Waals surface area contributed by atoms with Gasteiger partial charge in [0, 0.05) is 24.7 Å². The lowest BCUT2D eigenvalue weighted by molar-refractivity contribution is -0.143. The molecule has 0 spiro atoms. The third kappa shape index (κ3) is 3.52. The standard InChI is InChI=1S/C22H22N6O3/c1-13-11-18(28(26-13)22-23-17-8-4-7-16(17)19(29)25-22)24-20(30)21(31)27-10-9-14-5-2-3-6-15(14)12-27/h2-3,5-6,11H,4,7-10,12H2,1H3,(H,24,30)(H,23,25,29). The minimum Gasteiger partial charge on any atom is -0.330 e. The SMILES string of the molecule is Cc1cc(NC(=O)C(=O)N2CCc3ccccc3C2)n(-c2nc3c(c(=O)[nH]2)CCC3)n1. The lowest BCUT2D eigenvalue weighted by atomic mass is 10.00. The van der Waals surface area contributed by atoms with Crippen molar-refractivity contribution in [1.82, 2.24) is 24.6 Å². The summed E-state index contributed by atoms with van der Waals surface area (Å²) in [7, 11) is 0. The number of hydrogen-bond donors (Lipinski definition) is 2.